The minimum Gasteiger partial charge on any atom is -0.308 e. The zero-order valence-corrected chi connectivity index (χ0v) is 9.91. The van der Waals surface area contributed by atoms with Crippen molar-refractivity contribution >= 4 is 22.7 Å². The molecule has 14 heavy (non-hydrogen) atoms. The van der Waals surface area contributed by atoms with Crippen molar-refractivity contribution in [2.24, 2.45) is 0 Å². The Labute approximate surface area is 92.4 Å². The normalized spacial score (nSPS) is 13.0. The van der Waals surface area contributed by atoms with Crippen LogP contribution in [0.3, 0.4) is 0 Å². The van der Waals surface area contributed by atoms with E-state index in [9.17, 15) is 0 Å². The molecule has 0 amide bonds. The van der Waals surface area contributed by atoms with Crippen LogP contribution in [0.25, 0.3) is 0 Å². The zero-order chi connectivity index (χ0) is 9.97. The molecule has 2 rings (SSSR count). The van der Waals surface area contributed by atoms with Gasteiger partial charge in [0.15, 0.2) is 0 Å². The van der Waals surface area contributed by atoms with Gasteiger partial charge in [0.05, 0.1) is 6.04 Å². The molecule has 1 N–H and O–H groups in total. The molecule has 0 fully saturated rings. The van der Waals surface area contributed by atoms with Crippen LogP contribution in [-0.2, 0) is 0 Å². The number of hydrogen-bond acceptors (Lipinski definition) is 3. The highest BCUT2D eigenvalue weighted by atomic mass is 32.1. The highest BCUT2D eigenvalue weighted by Crippen LogP contribution is 2.31. The van der Waals surface area contributed by atoms with Crippen molar-refractivity contribution in [3.63, 3.8) is 0 Å². The van der Waals surface area contributed by atoms with E-state index in [1.165, 1.54) is 15.3 Å². The monoisotopic (exact) mass is 223 g/mol. The van der Waals surface area contributed by atoms with Crippen molar-refractivity contribution in [3.8, 4) is 0 Å². The van der Waals surface area contributed by atoms with Gasteiger partial charge < -0.3 is 5.32 Å². The fourth-order valence-corrected chi connectivity index (χ4v) is 3.51. The van der Waals surface area contributed by atoms with Crippen molar-refractivity contribution in [1.82, 2.24) is 5.32 Å². The second-order valence-corrected chi connectivity index (χ2v) is 5.13. The van der Waals surface area contributed by atoms with Crippen molar-refractivity contribution in [2.75, 3.05) is 7.05 Å². The molecule has 0 bridgehead atoms. The van der Waals surface area contributed by atoms with Gasteiger partial charge in [-0.3, -0.25) is 0 Å². The molecular formula is C11H13NS2. The van der Waals surface area contributed by atoms with E-state index in [1.807, 2.05) is 18.4 Å². The second-order valence-electron chi connectivity index (χ2n) is 3.20. The Kier molecular flexibility index (Phi) is 3.01. The Morgan fingerprint density at radius 2 is 2.07 bits per heavy atom. The Balaban J connectivity index is 2.36. The summed E-state index contributed by atoms with van der Waals surface area (Å²) in [5.41, 5.74) is 1.38. The third-order valence-electron chi connectivity index (χ3n) is 2.28. The summed E-state index contributed by atoms with van der Waals surface area (Å²) < 4.78 is 0. The fourth-order valence-electron chi connectivity index (χ4n) is 1.54. The molecule has 2 aromatic rings. The molecule has 0 aliphatic rings. The van der Waals surface area contributed by atoms with Gasteiger partial charge >= 0.3 is 0 Å². The van der Waals surface area contributed by atoms with E-state index < -0.39 is 0 Å². The molecular weight excluding hydrogens is 210 g/mol. The lowest BCUT2D eigenvalue weighted by molar-refractivity contribution is 0.712. The summed E-state index contributed by atoms with van der Waals surface area (Å²) in [6.45, 7) is 2.17. The summed E-state index contributed by atoms with van der Waals surface area (Å²) in [7, 11) is 2.02. The Morgan fingerprint density at radius 1 is 1.21 bits per heavy atom. The van der Waals surface area contributed by atoms with E-state index in [1.54, 1.807) is 11.3 Å². The smallest absolute Gasteiger partial charge is 0.0765 e. The molecule has 0 aromatic carbocycles. The third-order valence-corrected chi connectivity index (χ3v) is 4.30. The molecule has 2 heterocycles. The third kappa shape index (κ3) is 1.75. The van der Waals surface area contributed by atoms with E-state index in [0.29, 0.717) is 6.04 Å². The minimum absolute atomic E-state index is 0.370. The second kappa shape index (κ2) is 4.26. The summed E-state index contributed by atoms with van der Waals surface area (Å²) >= 11 is 3.63. The Bertz CT molecular complexity index is 389. The summed E-state index contributed by atoms with van der Waals surface area (Å²) in [5.74, 6) is 0. The van der Waals surface area contributed by atoms with Gasteiger partial charge in [-0.15, -0.1) is 22.7 Å². The van der Waals surface area contributed by atoms with E-state index in [0.717, 1.165) is 0 Å². The number of hydrogen-bond donors (Lipinski definition) is 1. The maximum Gasteiger partial charge on any atom is 0.0765 e. The van der Waals surface area contributed by atoms with Crippen LogP contribution in [0, 0.1) is 6.92 Å². The molecule has 0 radical (unpaired) electrons. The summed E-state index contributed by atoms with van der Waals surface area (Å²) in [6, 6.07) is 6.84. The van der Waals surface area contributed by atoms with Gasteiger partial charge in [0, 0.05) is 9.75 Å². The van der Waals surface area contributed by atoms with Gasteiger partial charge in [-0.2, -0.15) is 0 Å². The number of rotatable bonds is 3. The Hall–Kier alpha value is -0.640. The van der Waals surface area contributed by atoms with Crippen LogP contribution in [0.5, 0.6) is 0 Å². The first-order chi connectivity index (χ1) is 6.83. The predicted octanol–water partition coefficient (Wildman–Crippen LogP) is 3.43. The zero-order valence-electron chi connectivity index (χ0n) is 8.28. The van der Waals surface area contributed by atoms with Crippen LogP contribution in [0.15, 0.2) is 29.0 Å². The van der Waals surface area contributed by atoms with Crippen molar-refractivity contribution in [3.05, 3.63) is 44.3 Å². The molecule has 74 valence electrons. The van der Waals surface area contributed by atoms with Gasteiger partial charge in [0.2, 0.25) is 0 Å². The molecule has 3 heteroatoms. The molecule has 0 saturated carbocycles. The van der Waals surface area contributed by atoms with Crippen LogP contribution >= 0.6 is 22.7 Å². The molecule has 0 aliphatic carbocycles. The highest BCUT2D eigenvalue weighted by molar-refractivity contribution is 7.11. The quantitative estimate of drug-likeness (QED) is 0.840. The van der Waals surface area contributed by atoms with E-state index in [4.69, 9.17) is 0 Å². The molecule has 1 unspecified atom stereocenters. The molecule has 2 aromatic heterocycles. The highest BCUT2D eigenvalue weighted by Gasteiger charge is 2.15. The van der Waals surface area contributed by atoms with Gasteiger partial charge in [-0.05, 0) is 42.4 Å². The lowest BCUT2D eigenvalue weighted by Crippen LogP contribution is -2.15. The molecule has 1 nitrogen and oxygen atoms in total. The molecule has 1 atom stereocenters. The topological polar surface area (TPSA) is 12.0 Å². The summed E-state index contributed by atoms with van der Waals surface area (Å²) in [5, 5.41) is 7.65. The van der Waals surface area contributed by atoms with E-state index in [2.05, 4.69) is 41.2 Å². The maximum absolute atomic E-state index is 3.37. The average molecular weight is 223 g/mol. The van der Waals surface area contributed by atoms with Crippen LogP contribution in [0.4, 0.5) is 0 Å². The largest absolute Gasteiger partial charge is 0.308 e. The molecule has 0 spiro atoms. The number of thiophene rings is 2. The SMILES string of the molecule is CNC(c1cccs1)c1sccc1C. The average Bonchev–Trinajstić information content (AvgIpc) is 2.80. The van der Waals surface area contributed by atoms with Crippen molar-refractivity contribution in [2.45, 2.75) is 13.0 Å². The summed E-state index contributed by atoms with van der Waals surface area (Å²) in [6.07, 6.45) is 0. The lowest BCUT2D eigenvalue weighted by Gasteiger charge is -2.13. The fraction of sp³-hybridized carbons (Fsp3) is 0.273. The first-order valence-corrected chi connectivity index (χ1v) is 6.33. The maximum atomic E-state index is 3.37. The van der Waals surface area contributed by atoms with Crippen molar-refractivity contribution < 1.29 is 0 Å². The van der Waals surface area contributed by atoms with E-state index >= 15 is 0 Å². The summed E-state index contributed by atoms with van der Waals surface area (Å²) in [4.78, 5) is 2.81. The first kappa shape index (κ1) is 9.90. The number of aryl methyl sites for hydroxylation is 1. The van der Waals surface area contributed by atoms with Crippen molar-refractivity contribution in [1.29, 1.82) is 0 Å². The van der Waals surface area contributed by atoms with Gasteiger partial charge in [0.1, 0.15) is 0 Å². The van der Waals surface area contributed by atoms with Crippen LogP contribution in [-0.4, -0.2) is 7.05 Å². The molecule has 0 aliphatic heterocycles. The van der Waals surface area contributed by atoms with Crippen LogP contribution in [0.2, 0.25) is 0 Å². The predicted molar refractivity (Wildman–Crippen MR) is 64.3 cm³/mol. The van der Waals surface area contributed by atoms with Crippen LogP contribution < -0.4 is 5.32 Å². The first-order valence-electron chi connectivity index (χ1n) is 4.57. The van der Waals surface area contributed by atoms with Crippen LogP contribution in [0.1, 0.15) is 21.4 Å². The minimum atomic E-state index is 0.370. The van der Waals surface area contributed by atoms with Gasteiger partial charge in [0.25, 0.3) is 0 Å². The lowest BCUT2D eigenvalue weighted by atomic mass is 10.1. The number of nitrogens with one attached hydrogen (secondary N) is 1. The van der Waals surface area contributed by atoms with Gasteiger partial charge in [-0.25, -0.2) is 0 Å². The van der Waals surface area contributed by atoms with E-state index in [-0.39, 0.29) is 0 Å². The standard InChI is InChI=1S/C11H13NS2/c1-8-5-7-14-11(8)10(12-2)9-4-3-6-13-9/h3-7,10,12H,1-2H3. The Morgan fingerprint density at radius 3 is 2.57 bits per heavy atom. The molecule has 0 saturated heterocycles. The van der Waals surface area contributed by atoms with Gasteiger partial charge in [-0.1, -0.05) is 6.07 Å².